The van der Waals surface area contributed by atoms with Gasteiger partial charge in [0.25, 0.3) is 0 Å². The van der Waals surface area contributed by atoms with Crippen molar-refractivity contribution < 1.29 is 23.1 Å². The summed E-state index contributed by atoms with van der Waals surface area (Å²) >= 11 is 0. The number of alkyl halides is 3. The van der Waals surface area contributed by atoms with Gasteiger partial charge in [-0.1, -0.05) is 18.2 Å². The van der Waals surface area contributed by atoms with Gasteiger partial charge < -0.3 is 10.4 Å². The number of carbonyl (C=O) groups is 1. The first-order chi connectivity index (χ1) is 10.3. The number of rotatable bonds is 4. The molecule has 1 aromatic carbocycles. The SMILES string of the molecule is C[C@H](NC1CCC(c2cccc(C(F)(F)F)c2)CC1)C(=O)O. The van der Waals surface area contributed by atoms with E-state index < -0.39 is 23.8 Å². The fourth-order valence-corrected chi connectivity index (χ4v) is 2.99. The standard InChI is InChI=1S/C16H20F3NO2/c1-10(15(21)22)20-14-7-5-11(6-8-14)12-3-2-4-13(9-12)16(17,18)19/h2-4,9-11,14,20H,5-8H2,1H3,(H,21,22)/t10-,11?,14?/m0/s1. The number of halogens is 3. The maximum absolute atomic E-state index is 12.8. The fraction of sp³-hybridized carbons (Fsp3) is 0.562. The van der Waals surface area contributed by atoms with Crippen LogP contribution in [0.4, 0.5) is 13.2 Å². The monoisotopic (exact) mass is 315 g/mol. The van der Waals surface area contributed by atoms with Gasteiger partial charge >= 0.3 is 12.1 Å². The second kappa shape index (κ2) is 6.69. The predicted molar refractivity (Wildman–Crippen MR) is 76.7 cm³/mol. The first-order valence-corrected chi connectivity index (χ1v) is 7.43. The minimum Gasteiger partial charge on any atom is -0.480 e. The van der Waals surface area contributed by atoms with Crippen LogP contribution in [0.15, 0.2) is 24.3 Å². The summed E-state index contributed by atoms with van der Waals surface area (Å²) in [6, 6.07) is 5.04. The summed E-state index contributed by atoms with van der Waals surface area (Å²) in [5, 5.41) is 11.9. The molecule has 0 bridgehead atoms. The molecular weight excluding hydrogens is 295 g/mol. The van der Waals surface area contributed by atoms with Crippen LogP contribution in [0.5, 0.6) is 0 Å². The van der Waals surface area contributed by atoms with E-state index in [0.29, 0.717) is 0 Å². The Morgan fingerprint density at radius 1 is 1.27 bits per heavy atom. The predicted octanol–water partition coefficient (Wildman–Crippen LogP) is 3.79. The van der Waals surface area contributed by atoms with Crippen molar-refractivity contribution in [1.29, 1.82) is 0 Å². The van der Waals surface area contributed by atoms with Crippen LogP contribution in [0.1, 0.15) is 49.7 Å². The van der Waals surface area contributed by atoms with Crippen molar-refractivity contribution in [2.75, 3.05) is 0 Å². The molecule has 0 saturated heterocycles. The lowest BCUT2D eigenvalue weighted by Crippen LogP contribution is -2.42. The zero-order valence-electron chi connectivity index (χ0n) is 12.4. The van der Waals surface area contributed by atoms with Crippen LogP contribution in [0.25, 0.3) is 0 Å². The third kappa shape index (κ3) is 4.22. The molecule has 6 heteroatoms. The molecule has 0 aromatic heterocycles. The third-order valence-electron chi connectivity index (χ3n) is 4.27. The van der Waals surface area contributed by atoms with E-state index in [1.807, 2.05) is 0 Å². The average molecular weight is 315 g/mol. The molecule has 0 spiro atoms. The summed E-state index contributed by atoms with van der Waals surface area (Å²) in [5.74, 6) is -0.777. The number of carboxylic acids is 1. The van der Waals surface area contributed by atoms with Gasteiger partial charge in [-0.3, -0.25) is 4.79 Å². The highest BCUT2D eigenvalue weighted by Crippen LogP contribution is 2.36. The number of hydrogen-bond donors (Lipinski definition) is 2. The molecule has 22 heavy (non-hydrogen) atoms. The molecule has 0 radical (unpaired) electrons. The summed E-state index contributed by atoms with van der Waals surface area (Å²) in [4.78, 5) is 10.8. The number of hydrogen-bond acceptors (Lipinski definition) is 2. The normalized spacial score (nSPS) is 24.0. The number of carboxylic acid groups (broad SMARTS) is 1. The van der Waals surface area contributed by atoms with Crippen molar-refractivity contribution in [3.05, 3.63) is 35.4 Å². The lowest BCUT2D eigenvalue weighted by Gasteiger charge is -2.30. The number of nitrogens with one attached hydrogen (secondary N) is 1. The quantitative estimate of drug-likeness (QED) is 0.888. The van der Waals surface area contributed by atoms with E-state index in [-0.39, 0.29) is 12.0 Å². The molecule has 0 aliphatic heterocycles. The van der Waals surface area contributed by atoms with E-state index in [2.05, 4.69) is 5.32 Å². The number of benzene rings is 1. The van der Waals surface area contributed by atoms with Gasteiger partial charge in [0, 0.05) is 6.04 Å². The Balaban J connectivity index is 1.96. The van der Waals surface area contributed by atoms with Crippen molar-refractivity contribution in [1.82, 2.24) is 5.32 Å². The van der Waals surface area contributed by atoms with E-state index in [1.54, 1.807) is 13.0 Å². The van der Waals surface area contributed by atoms with Crippen LogP contribution in [0.3, 0.4) is 0 Å². The second-order valence-electron chi connectivity index (χ2n) is 5.90. The molecule has 2 N–H and O–H groups in total. The maximum Gasteiger partial charge on any atom is 0.416 e. The zero-order valence-corrected chi connectivity index (χ0v) is 12.4. The van der Waals surface area contributed by atoms with E-state index in [0.717, 1.165) is 37.3 Å². The lowest BCUT2D eigenvalue weighted by atomic mass is 9.81. The molecule has 0 unspecified atom stereocenters. The molecule has 122 valence electrons. The van der Waals surface area contributed by atoms with Gasteiger partial charge in [-0.05, 0) is 50.2 Å². The molecule has 0 heterocycles. The van der Waals surface area contributed by atoms with E-state index >= 15 is 0 Å². The number of aliphatic carboxylic acids is 1. The van der Waals surface area contributed by atoms with Crippen molar-refractivity contribution in [2.24, 2.45) is 0 Å². The van der Waals surface area contributed by atoms with Crippen LogP contribution in [0.2, 0.25) is 0 Å². The molecule has 1 aromatic rings. The van der Waals surface area contributed by atoms with Crippen molar-refractivity contribution >= 4 is 5.97 Å². The summed E-state index contributed by atoms with van der Waals surface area (Å²) in [7, 11) is 0. The van der Waals surface area contributed by atoms with Gasteiger partial charge in [-0.15, -0.1) is 0 Å². The Hall–Kier alpha value is -1.56. The molecule has 1 fully saturated rings. The Morgan fingerprint density at radius 3 is 2.45 bits per heavy atom. The molecule has 2 rings (SSSR count). The first kappa shape index (κ1) is 16.8. The minimum atomic E-state index is -4.31. The summed E-state index contributed by atoms with van der Waals surface area (Å²) < 4.78 is 38.3. The summed E-state index contributed by atoms with van der Waals surface area (Å²) in [6.45, 7) is 1.60. The van der Waals surface area contributed by atoms with Crippen molar-refractivity contribution in [3.63, 3.8) is 0 Å². The van der Waals surface area contributed by atoms with Gasteiger partial charge in [0.05, 0.1) is 5.56 Å². The van der Waals surface area contributed by atoms with Crippen LogP contribution >= 0.6 is 0 Å². The maximum atomic E-state index is 12.8. The van der Waals surface area contributed by atoms with Gasteiger partial charge in [-0.25, -0.2) is 0 Å². The van der Waals surface area contributed by atoms with Gasteiger partial charge in [-0.2, -0.15) is 13.2 Å². The van der Waals surface area contributed by atoms with E-state index in [4.69, 9.17) is 5.11 Å². The molecule has 1 aliphatic carbocycles. The Labute approximate surface area is 127 Å². The van der Waals surface area contributed by atoms with Gasteiger partial charge in [0.1, 0.15) is 6.04 Å². The minimum absolute atomic E-state index is 0.112. The molecule has 0 amide bonds. The summed E-state index contributed by atoms with van der Waals surface area (Å²) in [5.41, 5.74) is 0.115. The zero-order chi connectivity index (χ0) is 16.3. The third-order valence-corrected chi connectivity index (χ3v) is 4.27. The van der Waals surface area contributed by atoms with E-state index in [9.17, 15) is 18.0 Å². The molecule has 1 saturated carbocycles. The Kier molecular flexibility index (Phi) is 5.11. The lowest BCUT2D eigenvalue weighted by molar-refractivity contribution is -0.139. The Morgan fingerprint density at radius 2 is 1.91 bits per heavy atom. The molecule has 1 aliphatic rings. The van der Waals surface area contributed by atoms with Crippen molar-refractivity contribution in [2.45, 2.75) is 56.8 Å². The van der Waals surface area contributed by atoms with Crippen LogP contribution in [0, 0.1) is 0 Å². The highest BCUT2D eigenvalue weighted by Gasteiger charge is 2.31. The van der Waals surface area contributed by atoms with Gasteiger partial charge in [0.2, 0.25) is 0 Å². The van der Waals surface area contributed by atoms with Gasteiger partial charge in [0.15, 0.2) is 0 Å². The highest BCUT2D eigenvalue weighted by molar-refractivity contribution is 5.72. The topological polar surface area (TPSA) is 49.3 Å². The average Bonchev–Trinajstić information content (AvgIpc) is 2.47. The molecular formula is C16H20F3NO2. The smallest absolute Gasteiger partial charge is 0.416 e. The second-order valence-corrected chi connectivity index (χ2v) is 5.90. The summed E-state index contributed by atoms with van der Waals surface area (Å²) in [6.07, 6.45) is -1.22. The van der Waals surface area contributed by atoms with Crippen LogP contribution in [-0.4, -0.2) is 23.2 Å². The first-order valence-electron chi connectivity index (χ1n) is 7.43. The highest BCUT2D eigenvalue weighted by atomic mass is 19.4. The largest absolute Gasteiger partial charge is 0.480 e. The van der Waals surface area contributed by atoms with Crippen LogP contribution < -0.4 is 5.32 Å². The Bertz CT molecular complexity index is 522. The fourth-order valence-electron chi connectivity index (χ4n) is 2.99. The molecule has 1 atom stereocenters. The van der Waals surface area contributed by atoms with Crippen LogP contribution in [-0.2, 0) is 11.0 Å². The van der Waals surface area contributed by atoms with E-state index in [1.165, 1.54) is 12.1 Å². The van der Waals surface area contributed by atoms with Crippen molar-refractivity contribution in [3.8, 4) is 0 Å². The molecule has 3 nitrogen and oxygen atoms in total.